The van der Waals surface area contributed by atoms with Crippen molar-refractivity contribution in [1.29, 1.82) is 0 Å². The van der Waals surface area contributed by atoms with E-state index >= 15 is 8.78 Å². The average Bonchev–Trinajstić information content (AvgIpc) is 3.81. The summed E-state index contributed by atoms with van der Waals surface area (Å²) in [5, 5.41) is 0. The zero-order chi connectivity index (χ0) is 39.5. The molecule has 0 N–H and O–H groups in total. The molecule has 1 heterocycles. The van der Waals surface area contributed by atoms with Gasteiger partial charge in [0.2, 0.25) is 0 Å². The van der Waals surface area contributed by atoms with Crippen molar-refractivity contribution < 1.29 is 8.78 Å². The molecule has 2 atom stereocenters. The summed E-state index contributed by atoms with van der Waals surface area (Å²) in [6.45, 7) is 2.35. The highest BCUT2D eigenvalue weighted by Crippen LogP contribution is 2.67. The van der Waals surface area contributed by atoms with Gasteiger partial charge < -0.3 is 0 Å². The predicted octanol–water partition coefficient (Wildman–Crippen LogP) is 13.0. The molecule has 0 saturated carbocycles. The number of halogens is 2. The summed E-state index contributed by atoms with van der Waals surface area (Å²) >= 11 is 0. The number of alkyl halides is 2. The van der Waals surface area contributed by atoms with Crippen LogP contribution in [0.3, 0.4) is 0 Å². The fourth-order valence-corrected chi connectivity index (χ4v) is 10.6. The first-order chi connectivity index (χ1) is 28.9. The Morgan fingerprint density at radius 3 is 1.46 bits per heavy atom. The summed E-state index contributed by atoms with van der Waals surface area (Å²) in [6.07, 6.45) is 9.07. The van der Waals surface area contributed by atoms with Crippen LogP contribution in [-0.4, -0.2) is 15.0 Å². The molecule has 0 saturated heterocycles. The maximum Gasteiger partial charge on any atom is 0.299 e. The van der Waals surface area contributed by atoms with Gasteiger partial charge in [0.1, 0.15) is 0 Å². The Kier molecular flexibility index (Phi) is 7.03. The van der Waals surface area contributed by atoms with Crippen molar-refractivity contribution in [2.24, 2.45) is 5.92 Å². The molecule has 0 amide bonds. The minimum Gasteiger partial charge on any atom is -0.208 e. The summed E-state index contributed by atoms with van der Waals surface area (Å²) in [5.41, 5.74) is 11.8. The second kappa shape index (κ2) is 12.2. The molecular formula is C54H35F2N3. The molecule has 1 spiro atoms. The van der Waals surface area contributed by atoms with Crippen LogP contribution >= 0.6 is 0 Å². The summed E-state index contributed by atoms with van der Waals surface area (Å²) in [7, 11) is 0. The van der Waals surface area contributed by atoms with Gasteiger partial charge in [-0.25, -0.2) is 15.0 Å². The van der Waals surface area contributed by atoms with Gasteiger partial charge in [-0.15, -0.1) is 0 Å². The molecule has 0 fully saturated rings. The molecule has 8 aromatic rings. The van der Waals surface area contributed by atoms with Crippen LogP contribution in [0.4, 0.5) is 8.78 Å². The van der Waals surface area contributed by atoms with E-state index < -0.39 is 11.3 Å². The summed E-state index contributed by atoms with van der Waals surface area (Å²) in [4.78, 5) is 14.4. The zero-order valence-electron chi connectivity index (χ0n) is 32.1. The van der Waals surface area contributed by atoms with Gasteiger partial charge in [-0.3, -0.25) is 0 Å². The van der Waals surface area contributed by atoms with E-state index in [1.165, 1.54) is 33.4 Å². The third-order valence-corrected chi connectivity index (χ3v) is 13.3. The van der Waals surface area contributed by atoms with Crippen LogP contribution in [0.2, 0.25) is 0 Å². The lowest BCUT2D eigenvalue weighted by molar-refractivity contribution is 0.0481. The molecule has 4 aliphatic carbocycles. The summed E-state index contributed by atoms with van der Waals surface area (Å²) in [5.74, 6) is -1.80. The van der Waals surface area contributed by atoms with Gasteiger partial charge in [-0.2, -0.15) is 8.78 Å². The molecule has 2 unspecified atom stereocenters. The molecule has 7 aromatic carbocycles. The fourth-order valence-electron chi connectivity index (χ4n) is 10.6. The number of aromatic nitrogens is 3. The molecule has 4 aliphatic rings. The molecule has 0 radical (unpaired) electrons. The van der Waals surface area contributed by atoms with Crippen LogP contribution < -0.4 is 0 Å². The normalized spacial score (nSPS) is 19.1. The Balaban J connectivity index is 0.976. The van der Waals surface area contributed by atoms with Gasteiger partial charge in [-0.05, 0) is 73.8 Å². The number of hydrogen-bond donors (Lipinski definition) is 0. The summed E-state index contributed by atoms with van der Waals surface area (Å²) in [6, 6.07) is 54.3. The van der Waals surface area contributed by atoms with Crippen LogP contribution in [0, 0.1) is 5.92 Å². The minimum atomic E-state index is -3.24. The highest BCUT2D eigenvalue weighted by atomic mass is 19.3. The van der Waals surface area contributed by atoms with Gasteiger partial charge in [0, 0.05) is 39.2 Å². The van der Waals surface area contributed by atoms with Gasteiger partial charge >= 0.3 is 0 Å². The van der Waals surface area contributed by atoms with Crippen molar-refractivity contribution in [2.45, 2.75) is 23.7 Å². The first-order valence-corrected chi connectivity index (χ1v) is 20.1. The molecule has 0 bridgehead atoms. The third kappa shape index (κ3) is 4.64. The maximum absolute atomic E-state index is 17.0. The average molecular weight is 764 g/mol. The highest BCUT2D eigenvalue weighted by molar-refractivity contribution is 5.88. The van der Waals surface area contributed by atoms with Crippen LogP contribution in [0.1, 0.15) is 40.3 Å². The number of nitrogens with zero attached hydrogens (tertiary/aromatic N) is 3. The van der Waals surface area contributed by atoms with Gasteiger partial charge in [0.15, 0.2) is 17.5 Å². The Bertz CT molecular complexity index is 3010. The lowest BCUT2D eigenvalue weighted by Gasteiger charge is -2.40. The SMILES string of the molecule is CC12C=CC=CC1C1(c3ccccc3-c3ccccc31)c1cc(-c3ccc4c(c3)C(F)(F)c3cc(-c5nc(-c6ccccc6)nc(-c6ccccc6)n5)ccc3-4)ccc12. The largest absolute Gasteiger partial charge is 0.299 e. The predicted molar refractivity (Wildman–Crippen MR) is 231 cm³/mol. The second-order valence-corrected chi connectivity index (χ2v) is 16.3. The van der Waals surface area contributed by atoms with Crippen molar-refractivity contribution in [3.63, 3.8) is 0 Å². The standard InChI is InChI=1S/C54H35F2N3/c1-52-29-13-12-22-48(52)53(42-20-10-8-18-38(42)39-19-9-11-21-43(39)53)47-31-36(25-28-44(47)52)35-23-26-40-41-27-24-37(32-46(41)54(55,56)45(40)30-35)51-58-49(33-14-4-2-5-15-33)57-50(59-51)34-16-6-3-7-17-34/h2-32,48H,1H3. The summed E-state index contributed by atoms with van der Waals surface area (Å²) < 4.78 is 34.0. The Hall–Kier alpha value is -7.11. The number of benzene rings is 7. The van der Waals surface area contributed by atoms with Crippen LogP contribution in [0.15, 0.2) is 188 Å². The van der Waals surface area contributed by atoms with Crippen molar-refractivity contribution in [2.75, 3.05) is 0 Å². The van der Waals surface area contributed by atoms with E-state index in [2.05, 4.69) is 98.0 Å². The molecule has 0 aliphatic heterocycles. The van der Waals surface area contributed by atoms with E-state index in [0.717, 1.165) is 22.3 Å². The highest BCUT2D eigenvalue weighted by Gasteiger charge is 2.61. The van der Waals surface area contributed by atoms with Crippen molar-refractivity contribution in [3.05, 3.63) is 221 Å². The monoisotopic (exact) mass is 763 g/mol. The van der Waals surface area contributed by atoms with E-state index in [0.29, 0.717) is 34.2 Å². The van der Waals surface area contributed by atoms with Crippen molar-refractivity contribution in [1.82, 2.24) is 15.0 Å². The minimum absolute atomic E-state index is 0.00557. The first-order valence-electron chi connectivity index (χ1n) is 20.1. The topological polar surface area (TPSA) is 38.7 Å². The number of allylic oxidation sites excluding steroid dienone is 4. The smallest absolute Gasteiger partial charge is 0.208 e. The molecule has 280 valence electrons. The van der Waals surface area contributed by atoms with Crippen molar-refractivity contribution >= 4 is 0 Å². The molecule has 3 nitrogen and oxygen atoms in total. The van der Waals surface area contributed by atoms with Crippen LogP contribution in [0.25, 0.3) is 67.5 Å². The van der Waals surface area contributed by atoms with Crippen molar-refractivity contribution in [3.8, 4) is 67.5 Å². The van der Waals surface area contributed by atoms with E-state index in [-0.39, 0.29) is 22.5 Å². The quantitative estimate of drug-likeness (QED) is 0.179. The number of fused-ring (bicyclic) bond motifs is 13. The molecule has 12 rings (SSSR count). The van der Waals surface area contributed by atoms with Crippen LogP contribution in [-0.2, 0) is 16.8 Å². The number of rotatable bonds is 4. The molecule has 5 heteroatoms. The van der Waals surface area contributed by atoms with Gasteiger partial charge in [0.25, 0.3) is 5.92 Å². The van der Waals surface area contributed by atoms with E-state index in [4.69, 9.17) is 15.0 Å². The van der Waals surface area contributed by atoms with Crippen LogP contribution in [0.5, 0.6) is 0 Å². The third-order valence-electron chi connectivity index (χ3n) is 13.3. The zero-order valence-corrected chi connectivity index (χ0v) is 32.1. The van der Waals surface area contributed by atoms with Gasteiger partial charge in [-0.1, -0.05) is 177 Å². The van der Waals surface area contributed by atoms with Gasteiger partial charge in [0.05, 0.1) is 5.41 Å². The molecule has 59 heavy (non-hydrogen) atoms. The maximum atomic E-state index is 17.0. The lowest BCUT2D eigenvalue weighted by Crippen LogP contribution is -2.38. The lowest BCUT2D eigenvalue weighted by atomic mass is 9.61. The first kappa shape index (κ1) is 34.0. The van der Waals surface area contributed by atoms with E-state index in [1.807, 2.05) is 78.9 Å². The van der Waals surface area contributed by atoms with E-state index in [9.17, 15) is 0 Å². The number of hydrogen-bond acceptors (Lipinski definition) is 3. The Morgan fingerprint density at radius 1 is 0.407 bits per heavy atom. The molecular weight excluding hydrogens is 729 g/mol. The molecule has 1 aromatic heterocycles. The Morgan fingerprint density at radius 2 is 0.864 bits per heavy atom. The second-order valence-electron chi connectivity index (χ2n) is 16.3. The fraction of sp³-hybridized carbons (Fsp3) is 0.0926. The van der Waals surface area contributed by atoms with E-state index in [1.54, 1.807) is 18.2 Å². The Labute approximate surface area is 341 Å².